The van der Waals surface area contributed by atoms with E-state index < -0.39 is 15.6 Å². The van der Waals surface area contributed by atoms with Crippen LogP contribution in [0.25, 0.3) is 0 Å². The molecule has 11 heteroatoms. The summed E-state index contributed by atoms with van der Waals surface area (Å²) in [6.07, 6.45) is 1.26. The summed E-state index contributed by atoms with van der Waals surface area (Å²) >= 11 is 0. The number of rotatable bonds is 3. The minimum atomic E-state index is -4.64. The summed E-state index contributed by atoms with van der Waals surface area (Å²) in [5.41, 5.74) is 0. The van der Waals surface area contributed by atoms with Gasteiger partial charge in [-0.1, -0.05) is 6.08 Å². The van der Waals surface area contributed by atoms with Crippen LogP contribution in [0.15, 0.2) is 12.7 Å². The van der Waals surface area contributed by atoms with Crippen LogP contribution in [0.4, 0.5) is 0 Å². The molecule has 0 heterocycles. The summed E-state index contributed by atoms with van der Waals surface area (Å²) in [6.45, 7) is 3.07. The Labute approximate surface area is 102 Å². The second kappa shape index (κ2) is 9.21. The fourth-order valence-corrected chi connectivity index (χ4v) is 0.449. The van der Waals surface area contributed by atoms with E-state index in [1.54, 1.807) is 0 Å². The van der Waals surface area contributed by atoms with Gasteiger partial charge in [-0.3, -0.25) is 4.52 Å². The van der Waals surface area contributed by atoms with Gasteiger partial charge < -0.3 is 24.5 Å². The van der Waals surface area contributed by atoms with Crippen molar-refractivity contribution in [1.29, 1.82) is 0 Å². The normalized spacial score (nSPS) is 10.6. The second-order valence-electron chi connectivity index (χ2n) is 1.59. The van der Waals surface area contributed by atoms with E-state index in [4.69, 9.17) is 29.0 Å². The first kappa shape index (κ1) is 20.4. The predicted octanol–water partition coefficient (Wildman–Crippen LogP) is -1.30. The molecule has 0 amide bonds. The monoisotopic (exact) mass is 260 g/mol. The van der Waals surface area contributed by atoms with E-state index >= 15 is 0 Å². The molecule has 0 saturated heterocycles. The third kappa shape index (κ3) is 52.2. The zero-order valence-electron chi connectivity index (χ0n) is 6.35. The van der Waals surface area contributed by atoms with E-state index in [1.165, 1.54) is 6.08 Å². The first-order valence-corrected chi connectivity index (χ1v) is 5.75. The van der Waals surface area contributed by atoms with Crippen molar-refractivity contribution in [3.63, 3.8) is 0 Å². The Hall–Kier alpha value is 0.960. The van der Waals surface area contributed by atoms with Crippen molar-refractivity contribution in [2.24, 2.45) is 0 Å². The van der Waals surface area contributed by atoms with Crippen molar-refractivity contribution in [1.82, 2.24) is 0 Å². The molecule has 0 aliphatic carbocycles. The van der Waals surface area contributed by atoms with E-state index in [1.807, 2.05) is 0 Å². The fraction of sp³-hybridized carbons (Fsp3) is 0.333. The molecule has 0 fully saturated rings. The van der Waals surface area contributed by atoms with Gasteiger partial charge in [0.1, 0.15) is 0 Å². The zero-order chi connectivity index (χ0) is 11.1. The van der Waals surface area contributed by atoms with Crippen LogP contribution in [0.2, 0.25) is 0 Å². The SMILES string of the molecule is C=CCOP(=O)(O)O.O=P(O)(O)O.[NaH]. The summed E-state index contributed by atoms with van der Waals surface area (Å²) in [5, 5.41) is 0. The molecule has 0 saturated carbocycles. The van der Waals surface area contributed by atoms with Crippen LogP contribution in [-0.2, 0) is 13.7 Å². The molecule has 82 valence electrons. The summed E-state index contributed by atoms with van der Waals surface area (Å²) in [6, 6.07) is 0. The van der Waals surface area contributed by atoms with E-state index in [0.29, 0.717) is 0 Å². The summed E-state index contributed by atoms with van der Waals surface area (Å²) in [5.74, 6) is 0. The van der Waals surface area contributed by atoms with Crippen LogP contribution in [0.1, 0.15) is 0 Å². The molecule has 8 nitrogen and oxygen atoms in total. The Kier molecular flexibility index (Phi) is 13.4. The molecule has 0 aliphatic rings. The van der Waals surface area contributed by atoms with Crippen LogP contribution in [0.3, 0.4) is 0 Å². The van der Waals surface area contributed by atoms with Crippen molar-refractivity contribution in [3.05, 3.63) is 12.7 Å². The molecule has 0 aliphatic heterocycles. The fourth-order valence-electron chi connectivity index (χ4n) is 0.150. The summed E-state index contributed by atoms with van der Waals surface area (Å²) in [4.78, 5) is 37.5. The molecule has 0 aromatic heterocycles. The Balaban J connectivity index is -0.000000177. The van der Waals surface area contributed by atoms with Crippen LogP contribution >= 0.6 is 15.6 Å². The molecule has 0 aromatic carbocycles. The molecule has 0 radical (unpaired) electrons. The molecule has 0 aromatic rings. The van der Waals surface area contributed by atoms with Crippen molar-refractivity contribution in [2.75, 3.05) is 6.61 Å². The molecule has 0 unspecified atom stereocenters. The average Bonchev–Trinajstić information content (AvgIpc) is 1.77. The van der Waals surface area contributed by atoms with E-state index in [2.05, 4.69) is 11.1 Å². The number of hydrogen-bond acceptors (Lipinski definition) is 3. The number of phosphoric ester groups is 1. The van der Waals surface area contributed by atoms with Crippen molar-refractivity contribution < 1.29 is 38.1 Å². The van der Waals surface area contributed by atoms with E-state index in [-0.39, 0.29) is 36.2 Å². The van der Waals surface area contributed by atoms with Gasteiger partial charge in [0.25, 0.3) is 0 Å². The maximum absolute atomic E-state index is 9.81. The van der Waals surface area contributed by atoms with Gasteiger partial charge in [0, 0.05) is 0 Å². The summed E-state index contributed by atoms with van der Waals surface area (Å²) in [7, 11) is -8.89. The average molecular weight is 260 g/mol. The third-order valence-electron chi connectivity index (χ3n) is 0.361. The van der Waals surface area contributed by atoms with Gasteiger partial charge in [-0.05, 0) is 0 Å². The Morgan fingerprint density at radius 1 is 1.14 bits per heavy atom. The van der Waals surface area contributed by atoms with Gasteiger partial charge >= 0.3 is 45.2 Å². The van der Waals surface area contributed by atoms with Crippen molar-refractivity contribution in [3.8, 4) is 0 Å². The minimum absolute atomic E-state index is 0. The van der Waals surface area contributed by atoms with Gasteiger partial charge in [-0.15, -0.1) is 6.58 Å². The van der Waals surface area contributed by atoms with Gasteiger partial charge in [0.2, 0.25) is 0 Å². The molecular formula is C3H11NaO8P2. The first-order valence-electron chi connectivity index (χ1n) is 2.65. The van der Waals surface area contributed by atoms with Crippen LogP contribution < -0.4 is 0 Å². The Morgan fingerprint density at radius 2 is 1.43 bits per heavy atom. The zero-order valence-corrected chi connectivity index (χ0v) is 8.14. The Morgan fingerprint density at radius 3 is 1.50 bits per heavy atom. The number of hydrogen-bond donors (Lipinski definition) is 5. The van der Waals surface area contributed by atoms with Crippen molar-refractivity contribution >= 4 is 45.2 Å². The first-order chi connectivity index (χ1) is 5.56. The van der Waals surface area contributed by atoms with Gasteiger partial charge in [0.05, 0.1) is 6.61 Å². The molecular weight excluding hydrogens is 249 g/mol. The quantitative estimate of drug-likeness (QED) is 0.239. The topological polar surface area (TPSA) is 145 Å². The van der Waals surface area contributed by atoms with E-state index in [0.717, 1.165) is 0 Å². The molecule has 0 bridgehead atoms. The summed E-state index contributed by atoms with van der Waals surface area (Å²) < 4.78 is 22.6. The van der Waals surface area contributed by atoms with Gasteiger partial charge in [-0.2, -0.15) is 0 Å². The standard InChI is InChI=1S/C3H7O4P.Na.H3O4P.H/c1-2-3-7-8(4,5)6;;1-5(2,3)4;/h2H,1,3H2,(H2,4,5,6);;(H3,1,2,3,4);. The molecule has 5 N–H and O–H groups in total. The van der Waals surface area contributed by atoms with E-state index in [9.17, 15) is 4.57 Å². The second-order valence-corrected chi connectivity index (χ2v) is 3.85. The maximum atomic E-state index is 9.81. The Bertz CT molecular complexity index is 220. The van der Waals surface area contributed by atoms with Gasteiger partial charge in [-0.25, -0.2) is 9.13 Å². The molecule has 0 rings (SSSR count). The van der Waals surface area contributed by atoms with Crippen molar-refractivity contribution in [2.45, 2.75) is 0 Å². The van der Waals surface area contributed by atoms with Gasteiger partial charge in [0.15, 0.2) is 0 Å². The van der Waals surface area contributed by atoms with Crippen LogP contribution in [-0.4, -0.2) is 60.6 Å². The molecule has 14 heavy (non-hydrogen) atoms. The van der Waals surface area contributed by atoms with Crippen LogP contribution in [0.5, 0.6) is 0 Å². The predicted molar refractivity (Wildman–Crippen MR) is 49.6 cm³/mol. The number of phosphoric acid groups is 2. The molecule has 0 atom stereocenters. The molecule has 0 spiro atoms. The third-order valence-corrected chi connectivity index (χ3v) is 0.846. The van der Waals surface area contributed by atoms with Crippen LogP contribution in [0, 0.1) is 0 Å².